The molecule has 3 N–H and O–H groups in total. The third kappa shape index (κ3) is 4.79. The summed E-state index contributed by atoms with van der Waals surface area (Å²) in [6, 6.07) is 16.5. The zero-order valence-electron chi connectivity index (χ0n) is 14.5. The fraction of sp³-hybridized carbons (Fsp3) is 0.400. The first-order valence-corrected chi connectivity index (χ1v) is 8.85. The van der Waals surface area contributed by atoms with Gasteiger partial charge in [0, 0.05) is 43.5 Å². The number of aliphatic imine (C=N–C) groups is 1. The second-order valence-corrected chi connectivity index (χ2v) is 6.46. The standard InChI is InChI=1S/C20H26N4O/c21-19(23-13-9-18-8-4-5-12-22-18)24-16-20(10-14-25-15-11-20)17-6-2-1-3-7-17/h1-8,12H,9-11,13-16H2,(H3,21,23,24). The molecule has 0 saturated carbocycles. The number of aromatic nitrogens is 1. The average molecular weight is 338 g/mol. The van der Waals surface area contributed by atoms with Crippen molar-refractivity contribution < 1.29 is 4.74 Å². The highest BCUT2D eigenvalue weighted by Gasteiger charge is 2.34. The Balaban J connectivity index is 1.59. The lowest BCUT2D eigenvalue weighted by Gasteiger charge is -2.36. The Morgan fingerprint density at radius 1 is 1.12 bits per heavy atom. The number of ether oxygens (including phenoxy) is 1. The molecule has 1 aliphatic rings. The Morgan fingerprint density at radius 3 is 2.60 bits per heavy atom. The number of guanidine groups is 1. The first-order valence-electron chi connectivity index (χ1n) is 8.85. The predicted octanol–water partition coefficient (Wildman–Crippen LogP) is 2.28. The van der Waals surface area contributed by atoms with Crippen LogP contribution in [0.4, 0.5) is 0 Å². The lowest BCUT2D eigenvalue weighted by molar-refractivity contribution is 0.0531. The summed E-state index contributed by atoms with van der Waals surface area (Å²) in [5.41, 5.74) is 8.47. The Morgan fingerprint density at radius 2 is 1.88 bits per heavy atom. The average Bonchev–Trinajstić information content (AvgIpc) is 2.69. The fourth-order valence-electron chi connectivity index (χ4n) is 3.25. The lowest BCUT2D eigenvalue weighted by atomic mass is 9.74. The monoisotopic (exact) mass is 338 g/mol. The molecule has 5 heteroatoms. The van der Waals surface area contributed by atoms with E-state index in [-0.39, 0.29) is 5.41 Å². The van der Waals surface area contributed by atoms with Crippen LogP contribution in [-0.2, 0) is 16.6 Å². The SMILES string of the molecule is NC(=NCC1(c2ccccc2)CCOCC1)NCCc1ccccn1. The summed E-state index contributed by atoms with van der Waals surface area (Å²) in [5.74, 6) is 0.498. The molecule has 0 aliphatic carbocycles. The topological polar surface area (TPSA) is 72.5 Å². The van der Waals surface area contributed by atoms with E-state index in [2.05, 4.69) is 39.6 Å². The maximum atomic E-state index is 6.08. The van der Waals surface area contributed by atoms with Crippen LogP contribution >= 0.6 is 0 Å². The van der Waals surface area contributed by atoms with Crippen molar-refractivity contribution in [3.05, 3.63) is 66.0 Å². The van der Waals surface area contributed by atoms with E-state index < -0.39 is 0 Å². The van der Waals surface area contributed by atoms with Crippen molar-refractivity contribution in [1.82, 2.24) is 10.3 Å². The van der Waals surface area contributed by atoms with Gasteiger partial charge in [0.05, 0.1) is 6.54 Å². The molecule has 1 aliphatic heterocycles. The van der Waals surface area contributed by atoms with Gasteiger partial charge in [0.15, 0.2) is 5.96 Å². The Hall–Kier alpha value is -2.40. The molecule has 0 bridgehead atoms. The maximum Gasteiger partial charge on any atom is 0.188 e. The van der Waals surface area contributed by atoms with E-state index in [1.165, 1.54) is 5.56 Å². The highest BCUT2D eigenvalue weighted by molar-refractivity contribution is 5.77. The fourth-order valence-corrected chi connectivity index (χ4v) is 3.25. The molecule has 2 heterocycles. The van der Waals surface area contributed by atoms with E-state index in [9.17, 15) is 0 Å². The van der Waals surface area contributed by atoms with Crippen LogP contribution in [0, 0.1) is 0 Å². The van der Waals surface area contributed by atoms with Crippen LogP contribution in [0.5, 0.6) is 0 Å². The maximum absolute atomic E-state index is 6.08. The van der Waals surface area contributed by atoms with Gasteiger partial charge in [-0.25, -0.2) is 0 Å². The summed E-state index contributed by atoms with van der Waals surface area (Å²) < 4.78 is 5.56. The van der Waals surface area contributed by atoms with Crippen LogP contribution in [-0.4, -0.2) is 37.2 Å². The van der Waals surface area contributed by atoms with E-state index in [1.807, 2.05) is 30.5 Å². The summed E-state index contributed by atoms with van der Waals surface area (Å²) >= 11 is 0. The molecule has 0 amide bonds. The molecule has 132 valence electrons. The molecule has 1 aromatic carbocycles. The molecule has 0 radical (unpaired) electrons. The van der Waals surface area contributed by atoms with Crippen LogP contribution < -0.4 is 11.1 Å². The number of benzene rings is 1. The number of nitrogens with two attached hydrogens (primary N) is 1. The summed E-state index contributed by atoms with van der Waals surface area (Å²) in [5, 5.41) is 3.20. The van der Waals surface area contributed by atoms with Gasteiger partial charge in [-0.1, -0.05) is 36.4 Å². The molecule has 2 aromatic rings. The number of pyridine rings is 1. The van der Waals surface area contributed by atoms with Gasteiger partial charge in [-0.3, -0.25) is 9.98 Å². The molecule has 0 unspecified atom stereocenters. The molecule has 1 aromatic heterocycles. The van der Waals surface area contributed by atoms with E-state index in [0.717, 1.165) is 44.7 Å². The van der Waals surface area contributed by atoms with Gasteiger partial charge in [-0.15, -0.1) is 0 Å². The third-order valence-corrected chi connectivity index (χ3v) is 4.80. The van der Waals surface area contributed by atoms with E-state index >= 15 is 0 Å². The highest BCUT2D eigenvalue weighted by Crippen LogP contribution is 2.35. The van der Waals surface area contributed by atoms with Gasteiger partial charge in [0.25, 0.3) is 0 Å². The van der Waals surface area contributed by atoms with Gasteiger partial charge >= 0.3 is 0 Å². The Labute approximate surface area is 149 Å². The van der Waals surface area contributed by atoms with Crippen LogP contribution in [0.25, 0.3) is 0 Å². The van der Waals surface area contributed by atoms with Crippen LogP contribution in [0.15, 0.2) is 59.7 Å². The minimum atomic E-state index is 0.0206. The number of nitrogens with one attached hydrogen (secondary N) is 1. The summed E-state index contributed by atoms with van der Waals surface area (Å²) in [7, 11) is 0. The van der Waals surface area contributed by atoms with Gasteiger partial charge in [0.1, 0.15) is 0 Å². The lowest BCUT2D eigenvalue weighted by Crippen LogP contribution is -2.39. The van der Waals surface area contributed by atoms with E-state index in [1.54, 1.807) is 0 Å². The van der Waals surface area contributed by atoms with Crippen LogP contribution in [0.3, 0.4) is 0 Å². The quantitative estimate of drug-likeness (QED) is 0.626. The Bertz CT molecular complexity index is 667. The number of rotatable bonds is 6. The van der Waals surface area contributed by atoms with Gasteiger partial charge in [-0.05, 0) is 30.5 Å². The Kier molecular flexibility index (Phi) is 6.01. The van der Waals surface area contributed by atoms with Gasteiger partial charge < -0.3 is 15.8 Å². The van der Waals surface area contributed by atoms with Crippen molar-refractivity contribution in [1.29, 1.82) is 0 Å². The molecule has 0 atom stereocenters. The summed E-state index contributed by atoms with van der Waals surface area (Å²) in [6.07, 6.45) is 4.58. The first-order chi connectivity index (χ1) is 12.3. The molecule has 0 spiro atoms. The van der Waals surface area contributed by atoms with Crippen molar-refractivity contribution in [3.63, 3.8) is 0 Å². The largest absolute Gasteiger partial charge is 0.381 e. The number of hydrogen-bond donors (Lipinski definition) is 2. The van der Waals surface area contributed by atoms with Crippen molar-refractivity contribution in [3.8, 4) is 0 Å². The van der Waals surface area contributed by atoms with E-state index in [0.29, 0.717) is 12.5 Å². The van der Waals surface area contributed by atoms with Crippen LogP contribution in [0.1, 0.15) is 24.1 Å². The van der Waals surface area contributed by atoms with Crippen molar-refractivity contribution in [2.45, 2.75) is 24.7 Å². The zero-order chi connectivity index (χ0) is 17.4. The summed E-state index contributed by atoms with van der Waals surface area (Å²) in [4.78, 5) is 8.95. The molecule has 1 fully saturated rings. The minimum absolute atomic E-state index is 0.0206. The second kappa shape index (κ2) is 8.62. The van der Waals surface area contributed by atoms with Crippen molar-refractivity contribution >= 4 is 5.96 Å². The number of hydrogen-bond acceptors (Lipinski definition) is 3. The van der Waals surface area contributed by atoms with Crippen LogP contribution in [0.2, 0.25) is 0 Å². The molecular weight excluding hydrogens is 312 g/mol. The second-order valence-electron chi connectivity index (χ2n) is 6.46. The van der Waals surface area contributed by atoms with Gasteiger partial charge in [-0.2, -0.15) is 0 Å². The van der Waals surface area contributed by atoms with Crippen molar-refractivity contribution in [2.75, 3.05) is 26.3 Å². The smallest absolute Gasteiger partial charge is 0.188 e. The molecule has 1 saturated heterocycles. The molecule has 3 rings (SSSR count). The number of nitrogens with zero attached hydrogens (tertiary/aromatic N) is 2. The molecular formula is C20H26N4O. The third-order valence-electron chi connectivity index (χ3n) is 4.80. The summed E-state index contributed by atoms with van der Waals surface area (Å²) in [6.45, 7) is 2.96. The zero-order valence-corrected chi connectivity index (χ0v) is 14.5. The first kappa shape index (κ1) is 17.4. The minimum Gasteiger partial charge on any atom is -0.381 e. The molecule has 5 nitrogen and oxygen atoms in total. The van der Waals surface area contributed by atoms with E-state index in [4.69, 9.17) is 10.5 Å². The van der Waals surface area contributed by atoms with Crippen molar-refractivity contribution in [2.24, 2.45) is 10.7 Å². The predicted molar refractivity (Wildman–Crippen MR) is 101 cm³/mol. The normalized spacial score (nSPS) is 17.2. The van der Waals surface area contributed by atoms with Gasteiger partial charge in [0.2, 0.25) is 0 Å². The molecule has 25 heavy (non-hydrogen) atoms. The highest BCUT2D eigenvalue weighted by atomic mass is 16.5.